The van der Waals surface area contributed by atoms with Gasteiger partial charge in [-0.3, -0.25) is 29.6 Å². The minimum absolute atomic E-state index is 0.00137. The molecule has 6 rings (SSSR count). The number of aryl methyl sites for hydroxylation is 1. The second-order valence-corrected chi connectivity index (χ2v) is 20.6. The lowest BCUT2D eigenvalue weighted by Gasteiger charge is -2.67. The van der Waals surface area contributed by atoms with Crippen LogP contribution in [0, 0.1) is 34.5 Å². The number of halogens is 1. The van der Waals surface area contributed by atoms with Crippen LogP contribution in [0.1, 0.15) is 89.5 Å². The van der Waals surface area contributed by atoms with Gasteiger partial charge in [-0.05, 0) is 55.0 Å². The van der Waals surface area contributed by atoms with E-state index < -0.39 is 70.2 Å². The van der Waals surface area contributed by atoms with Crippen molar-refractivity contribution in [2.75, 3.05) is 38.4 Å². The van der Waals surface area contributed by atoms with E-state index in [1.54, 1.807) is 52.0 Å². The van der Waals surface area contributed by atoms with Crippen LogP contribution < -0.4 is 25.6 Å². The van der Waals surface area contributed by atoms with Gasteiger partial charge in [-0.15, -0.1) is 11.3 Å². The van der Waals surface area contributed by atoms with Crippen LogP contribution in [0.3, 0.4) is 0 Å². The number of benzene rings is 2. The Kier molecular flexibility index (Phi) is 15.5. The third kappa shape index (κ3) is 11.1. The summed E-state index contributed by atoms with van der Waals surface area (Å²) in [4.78, 5) is 72.2. The zero-order valence-corrected chi connectivity index (χ0v) is 41.0. The molecular weight excluding hydrogens is 898 g/mol. The highest BCUT2D eigenvalue weighted by atomic mass is 35.5. The molecule has 17 nitrogen and oxygen atoms in total. The number of carbonyl (C=O) groups excluding carboxylic acids is 4. The summed E-state index contributed by atoms with van der Waals surface area (Å²) in [5, 5.41) is 22.4. The monoisotopic (exact) mass is 957 g/mol. The highest BCUT2D eigenvalue weighted by Gasteiger charge is 2.68. The summed E-state index contributed by atoms with van der Waals surface area (Å²) >= 11 is 7.95. The summed E-state index contributed by atoms with van der Waals surface area (Å²) in [6.07, 6.45) is 2.16. The van der Waals surface area contributed by atoms with Gasteiger partial charge >= 0.3 is 0 Å². The number of ether oxygens (including phenoxy) is 3. The summed E-state index contributed by atoms with van der Waals surface area (Å²) < 4.78 is 18.3. The van der Waals surface area contributed by atoms with Crippen molar-refractivity contribution in [3.63, 3.8) is 0 Å². The molecule has 2 fully saturated rings. The molecule has 3 atom stereocenters. The number of thiazole rings is 1. The molecule has 19 heteroatoms. The molecule has 0 radical (unpaired) electrons. The Morgan fingerprint density at radius 2 is 1.73 bits per heavy atom. The largest absolute Gasteiger partial charge is 0.489 e. The molecule has 0 spiro atoms. The van der Waals surface area contributed by atoms with Crippen LogP contribution in [0.15, 0.2) is 60.4 Å². The molecule has 358 valence electrons. The van der Waals surface area contributed by atoms with E-state index in [0.29, 0.717) is 29.8 Å². The predicted molar refractivity (Wildman–Crippen MR) is 253 cm³/mol. The fourth-order valence-electron chi connectivity index (χ4n) is 9.69. The Bertz CT molecular complexity index is 2450. The van der Waals surface area contributed by atoms with E-state index in [0.717, 1.165) is 16.1 Å². The van der Waals surface area contributed by atoms with Gasteiger partial charge in [0.1, 0.15) is 42.3 Å². The molecule has 1 saturated carbocycles. The summed E-state index contributed by atoms with van der Waals surface area (Å²) in [6, 6.07) is 11.8. The first-order valence-electron chi connectivity index (χ1n) is 22.1. The van der Waals surface area contributed by atoms with E-state index in [4.69, 9.17) is 31.5 Å². The molecule has 4 N–H and O–H groups in total. The van der Waals surface area contributed by atoms with Crippen LogP contribution in [0.4, 0.5) is 5.69 Å². The molecule has 2 aromatic carbocycles. The van der Waals surface area contributed by atoms with Crippen LogP contribution >= 0.6 is 22.9 Å². The number of hydrazine groups is 1. The van der Waals surface area contributed by atoms with Gasteiger partial charge in [0.2, 0.25) is 17.7 Å². The highest BCUT2D eigenvalue weighted by Crippen LogP contribution is 2.59. The van der Waals surface area contributed by atoms with Crippen molar-refractivity contribution < 1.29 is 38.5 Å². The third-order valence-corrected chi connectivity index (χ3v) is 13.7. The smallest absolute Gasteiger partial charge is 0.268 e. The zero-order chi connectivity index (χ0) is 49.0. The lowest BCUT2D eigenvalue weighted by atomic mass is 9.48. The lowest BCUT2D eigenvalue weighted by Crippen LogP contribution is -2.78. The zero-order valence-electron chi connectivity index (χ0n) is 39.4. The summed E-state index contributed by atoms with van der Waals surface area (Å²) in [5.74, 6) is -1.41. The molecule has 2 aromatic heterocycles. The number of aromatic nitrogens is 3. The molecule has 0 bridgehead atoms. The first-order valence-corrected chi connectivity index (χ1v) is 23.3. The lowest BCUT2D eigenvalue weighted by molar-refractivity contribution is -0.226. The SMILES string of the molecule is Cc1ncsc1-c1ccc(N(C)NC(=O)[C@@H]2C[C@@H](O)CN2C(=O)[C@@H](N(C(=O)COCCCCOc2cnc(C(N)=O)cn2)C2C(C)(C)C(Oc3ccc(C#N)c(Cl)c3)C2(C)C)C(C)(C)C)cc1. The van der Waals surface area contributed by atoms with Gasteiger partial charge in [0.05, 0.1) is 57.5 Å². The van der Waals surface area contributed by atoms with Crippen LogP contribution in [-0.4, -0.2) is 117 Å². The second-order valence-electron chi connectivity index (χ2n) is 19.3. The maximum Gasteiger partial charge on any atom is 0.268 e. The molecule has 4 amide bonds. The van der Waals surface area contributed by atoms with E-state index in [2.05, 4.69) is 26.4 Å². The summed E-state index contributed by atoms with van der Waals surface area (Å²) in [6.45, 7) is 15.5. The standard InChI is InChI=1S/C48H60ClN9O8S/c1-28-39(67-27-54-28)29-12-15-31(16-13-29)56(9)55-42(62)36-20-32(59)25-57(36)43(63)40(46(2,3)4)58(38(60)26-64-18-10-11-19-65-37-24-52-35(23-53-37)41(51)61)44-47(5,6)45(48(44,7)8)66-33-17-14-30(22-50)34(49)21-33/h12-17,21,23-24,27,32,36,40,44-45,59H,10-11,18-20,25-26H2,1-9H3,(H2,51,61)(H,55,62)/t32-,36+,40-,44?,45?/m1/s1. The van der Waals surface area contributed by atoms with Crippen molar-refractivity contribution in [1.82, 2.24) is 30.2 Å². The van der Waals surface area contributed by atoms with E-state index in [9.17, 15) is 24.8 Å². The van der Waals surface area contributed by atoms with E-state index in [1.165, 1.54) is 17.3 Å². The quantitative estimate of drug-likeness (QED) is 0.0774. The average molecular weight is 959 g/mol. The fraction of sp³-hybridized carbons (Fsp3) is 0.500. The Morgan fingerprint density at radius 3 is 2.31 bits per heavy atom. The number of unbranched alkanes of at least 4 members (excludes halogenated alkanes) is 1. The van der Waals surface area contributed by atoms with Crippen LogP contribution in [0.2, 0.25) is 5.02 Å². The molecule has 3 heterocycles. The van der Waals surface area contributed by atoms with Crippen LogP contribution in [0.5, 0.6) is 11.6 Å². The van der Waals surface area contributed by atoms with E-state index in [1.807, 2.05) is 79.7 Å². The van der Waals surface area contributed by atoms with Gasteiger partial charge in [0.25, 0.3) is 11.8 Å². The van der Waals surface area contributed by atoms with Crippen molar-refractivity contribution in [3.05, 3.63) is 82.3 Å². The first-order chi connectivity index (χ1) is 31.6. The summed E-state index contributed by atoms with van der Waals surface area (Å²) in [7, 11) is 1.71. The van der Waals surface area contributed by atoms with E-state index >= 15 is 4.79 Å². The Hall–Kier alpha value is -5.87. The number of β-amino-alcohol motifs (C(OH)–C–C–N with tert-alkyl or cyclic N) is 1. The number of nitriles is 1. The fourth-order valence-corrected chi connectivity index (χ4v) is 10.7. The van der Waals surface area contributed by atoms with Gasteiger partial charge in [0, 0.05) is 49.6 Å². The molecule has 1 aliphatic heterocycles. The number of rotatable bonds is 18. The Balaban J connectivity index is 1.22. The van der Waals surface area contributed by atoms with E-state index in [-0.39, 0.29) is 49.4 Å². The van der Waals surface area contributed by atoms with Gasteiger partial charge in [-0.1, -0.05) is 72.2 Å². The molecule has 4 aromatic rings. The number of aliphatic hydroxyl groups excluding tert-OH is 1. The van der Waals surface area contributed by atoms with Crippen molar-refractivity contribution in [1.29, 1.82) is 5.26 Å². The summed E-state index contributed by atoms with van der Waals surface area (Å²) in [5.41, 5.74) is 10.5. The Morgan fingerprint density at radius 1 is 1.04 bits per heavy atom. The minimum atomic E-state index is -1.12. The van der Waals surface area contributed by atoms with Gasteiger partial charge < -0.3 is 34.9 Å². The number of aliphatic hydroxyl groups is 1. The first kappa shape index (κ1) is 50.5. The number of amides is 4. The number of anilines is 1. The van der Waals surface area contributed by atoms with Gasteiger partial charge in [0.15, 0.2) is 0 Å². The molecule has 1 saturated heterocycles. The number of nitrogens with zero attached hydrogens (tertiary/aromatic N) is 7. The maximum atomic E-state index is 15.3. The molecule has 1 aliphatic carbocycles. The third-order valence-electron chi connectivity index (χ3n) is 12.4. The van der Waals surface area contributed by atoms with Crippen LogP contribution in [-0.2, 0) is 19.1 Å². The van der Waals surface area contributed by atoms with Gasteiger partial charge in [-0.25, -0.2) is 15.0 Å². The number of primary amides is 1. The number of nitrogens with two attached hydrogens (primary N) is 1. The predicted octanol–water partition coefficient (Wildman–Crippen LogP) is 5.96. The molecule has 0 unspecified atom stereocenters. The Labute approximate surface area is 400 Å². The van der Waals surface area contributed by atoms with Crippen LogP contribution in [0.25, 0.3) is 10.4 Å². The van der Waals surface area contributed by atoms with Crippen molar-refractivity contribution in [2.24, 2.45) is 22.0 Å². The number of carbonyl (C=O) groups is 4. The minimum Gasteiger partial charge on any atom is -0.489 e. The molecule has 2 aliphatic rings. The van der Waals surface area contributed by atoms with Crippen molar-refractivity contribution >= 4 is 52.3 Å². The molecular formula is C48H60ClN9O8S. The average Bonchev–Trinajstić information content (AvgIpc) is 3.89. The maximum absolute atomic E-state index is 15.3. The second kappa shape index (κ2) is 20.6. The van der Waals surface area contributed by atoms with Crippen molar-refractivity contribution in [2.45, 2.75) is 105 Å². The number of hydrogen-bond donors (Lipinski definition) is 3. The highest BCUT2D eigenvalue weighted by molar-refractivity contribution is 7.13. The van der Waals surface area contributed by atoms with Gasteiger partial charge in [-0.2, -0.15) is 5.26 Å². The number of nitrogens with one attached hydrogen (secondary N) is 1. The number of hydrogen-bond acceptors (Lipinski definition) is 14. The normalized spacial score (nSPS) is 19.9. The topological polar surface area (TPSA) is 226 Å². The number of likely N-dealkylation sites (tertiary alicyclic amines) is 1. The molecule has 67 heavy (non-hydrogen) atoms. The van der Waals surface area contributed by atoms with Crippen molar-refractivity contribution in [3.8, 4) is 28.1 Å².